The Labute approximate surface area is 152 Å². The summed E-state index contributed by atoms with van der Waals surface area (Å²) in [5, 5.41) is 3.62. The highest BCUT2D eigenvalue weighted by Crippen LogP contribution is 2.27. The van der Waals surface area contributed by atoms with Crippen LogP contribution in [0.2, 0.25) is 0 Å². The van der Waals surface area contributed by atoms with Gasteiger partial charge >= 0.3 is 0 Å². The third-order valence-corrected chi connectivity index (χ3v) is 4.01. The maximum absolute atomic E-state index is 13.7. The molecule has 0 saturated heterocycles. The molecule has 0 aliphatic heterocycles. The highest BCUT2D eigenvalue weighted by molar-refractivity contribution is 6.01. The first-order chi connectivity index (χ1) is 12.9. The molecule has 0 unspecified atom stereocenters. The van der Waals surface area contributed by atoms with Crippen molar-refractivity contribution in [2.24, 2.45) is 0 Å². The van der Waals surface area contributed by atoms with Gasteiger partial charge in [0.05, 0.1) is 11.3 Å². The number of benzene rings is 3. The number of halogens is 3. The van der Waals surface area contributed by atoms with Gasteiger partial charge < -0.3 is 10.1 Å². The number of amides is 1. The standard InChI is InChI=1S/C20H14F3NO3/c1-11(20(26)24-16-8-7-15(21)18(22)19(16)23)27-17-9-6-12-4-2-3-5-13(12)14(17)10-25/h2-11H,1H3,(H,24,26)/t11-/m1/s1. The maximum Gasteiger partial charge on any atom is 0.265 e. The van der Waals surface area contributed by atoms with Crippen molar-refractivity contribution >= 4 is 28.7 Å². The molecule has 3 rings (SSSR count). The topological polar surface area (TPSA) is 55.4 Å². The van der Waals surface area contributed by atoms with Gasteiger partial charge in [-0.3, -0.25) is 9.59 Å². The first-order valence-corrected chi connectivity index (χ1v) is 8.00. The molecule has 0 radical (unpaired) electrons. The summed E-state index contributed by atoms with van der Waals surface area (Å²) in [6, 6.07) is 12.1. The second kappa shape index (κ2) is 7.49. The monoisotopic (exact) mass is 373 g/mol. The van der Waals surface area contributed by atoms with Gasteiger partial charge in [-0.25, -0.2) is 13.2 Å². The molecule has 0 heterocycles. The molecule has 3 aromatic rings. The molecule has 0 fully saturated rings. The van der Waals surface area contributed by atoms with E-state index in [0.29, 0.717) is 17.7 Å². The zero-order chi connectivity index (χ0) is 19.6. The summed E-state index contributed by atoms with van der Waals surface area (Å²) in [4.78, 5) is 23.7. The summed E-state index contributed by atoms with van der Waals surface area (Å²) in [5.41, 5.74) is -0.241. The number of carbonyl (C=O) groups excluding carboxylic acids is 2. The Hall–Kier alpha value is -3.35. The molecule has 1 N–H and O–H groups in total. The molecule has 0 aliphatic carbocycles. The minimum Gasteiger partial charge on any atom is -0.480 e. The Morgan fingerprint density at radius 2 is 1.78 bits per heavy atom. The lowest BCUT2D eigenvalue weighted by molar-refractivity contribution is -0.122. The van der Waals surface area contributed by atoms with Gasteiger partial charge in [-0.05, 0) is 35.9 Å². The quantitative estimate of drug-likeness (QED) is 0.530. The third-order valence-electron chi connectivity index (χ3n) is 4.01. The predicted octanol–water partition coefficient (Wildman–Crippen LogP) is 4.48. The van der Waals surface area contributed by atoms with E-state index in [9.17, 15) is 22.8 Å². The van der Waals surface area contributed by atoms with E-state index in [-0.39, 0.29) is 11.3 Å². The van der Waals surface area contributed by atoms with Crippen LogP contribution in [0.15, 0.2) is 48.5 Å². The largest absolute Gasteiger partial charge is 0.480 e. The normalized spacial score (nSPS) is 11.9. The molecule has 0 aromatic heterocycles. The number of rotatable bonds is 5. The summed E-state index contributed by atoms with van der Waals surface area (Å²) in [6.07, 6.45) is -0.505. The Balaban J connectivity index is 1.82. The maximum atomic E-state index is 13.7. The third kappa shape index (κ3) is 3.62. The zero-order valence-electron chi connectivity index (χ0n) is 14.1. The van der Waals surface area contributed by atoms with Crippen LogP contribution in [0.3, 0.4) is 0 Å². The first-order valence-electron chi connectivity index (χ1n) is 8.00. The van der Waals surface area contributed by atoms with Crippen molar-refractivity contribution in [1.29, 1.82) is 0 Å². The second-order valence-corrected chi connectivity index (χ2v) is 5.79. The molecule has 7 heteroatoms. The minimum absolute atomic E-state index is 0.178. The number of hydrogen-bond acceptors (Lipinski definition) is 3. The van der Waals surface area contributed by atoms with Gasteiger partial charge in [-0.2, -0.15) is 0 Å². The fraction of sp³-hybridized carbons (Fsp3) is 0.100. The summed E-state index contributed by atoms with van der Waals surface area (Å²) >= 11 is 0. The van der Waals surface area contributed by atoms with Crippen molar-refractivity contribution in [1.82, 2.24) is 0 Å². The summed E-state index contributed by atoms with van der Waals surface area (Å²) in [7, 11) is 0. The van der Waals surface area contributed by atoms with Crippen LogP contribution in [0.5, 0.6) is 5.75 Å². The van der Waals surface area contributed by atoms with Crippen molar-refractivity contribution < 1.29 is 27.5 Å². The van der Waals surface area contributed by atoms with Gasteiger partial charge in [0.1, 0.15) is 5.75 Å². The van der Waals surface area contributed by atoms with Crippen LogP contribution in [0.4, 0.5) is 18.9 Å². The number of carbonyl (C=O) groups is 2. The lowest BCUT2D eigenvalue weighted by Gasteiger charge is -2.17. The summed E-state index contributed by atoms with van der Waals surface area (Å²) in [6.45, 7) is 1.39. The Morgan fingerprint density at radius 1 is 1.04 bits per heavy atom. The van der Waals surface area contributed by atoms with Gasteiger partial charge in [-0.15, -0.1) is 0 Å². The average molecular weight is 373 g/mol. The van der Waals surface area contributed by atoms with Crippen molar-refractivity contribution in [3.63, 3.8) is 0 Å². The van der Waals surface area contributed by atoms with E-state index >= 15 is 0 Å². The average Bonchev–Trinajstić information content (AvgIpc) is 2.68. The van der Waals surface area contributed by atoms with Gasteiger partial charge in [0.2, 0.25) is 0 Å². The molecular formula is C20H14F3NO3. The van der Waals surface area contributed by atoms with Crippen LogP contribution < -0.4 is 10.1 Å². The summed E-state index contributed by atoms with van der Waals surface area (Å²) < 4.78 is 45.5. The van der Waals surface area contributed by atoms with Crippen molar-refractivity contribution in [2.45, 2.75) is 13.0 Å². The fourth-order valence-electron chi connectivity index (χ4n) is 2.60. The molecule has 0 bridgehead atoms. The first kappa shape index (κ1) is 18.4. The molecular weight excluding hydrogens is 359 g/mol. The van der Waals surface area contributed by atoms with Crippen molar-refractivity contribution in [3.8, 4) is 5.75 Å². The summed E-state index contributed by atoms with van der Waals surface area (Å²) in [5.74, 6) is -5.16. The predicted molar refractivity (Wildman–Crippen MR) is 94.4 cm³/mol. The fourth-order valence-corrected chi connectivity index (χ4v) is 2.60. The highest BCUT2D eigenvalue weighted by atomic mass is 19.2. The van der Waals surface area contributed by atoms with E-state index in [1.807, 2.05) is 12.1 Å². The Morgan fingerprint density at radius 3 is 2.52 bits per heavy atom. The van der Waals surface area contributed by atoms with Crippen molar-refractivity contribution in [3.05, 3.63) is 71.5 Å². The number of nitrogens with one attached hydrogen (secondary N) is 1. The Bertz CT molecular complexity index is 1040. The van der Waals surface area contributed by atoms with Gasteiger partial charge in [0, 0.05) is 0 Å². The number of aldehydes is 1. The van der Waals surface area contributed by atoms with Crippen LogP contribution in [-0.4, -0.2) is 18.3 Å². The van der Waals surface area contributed by atoms with Crippen LogP contribution in [0.1, 0.15) is 17.3 Å². The highest BCUT2D eigenvalue weighted by Gasteiger charge is 2.21. The van der Waals surface area contributed by atoms with Gasteiger partial charge in [-0.1, -0.05) is 30.3 Å². The molecule has 3 aromatic carbocycles. The molecule has 4 nitrogen and oxygen atoms in total. The minimum atomic E-state index is -1.68. The molecule has 0 spiro atoms. The molecule has 138 valence electrons. The molecule has 1 amide bonds. The lowest BCUT2D eigenvalue weighted by atomic mass is 10.0. The Kier molecular flexibility index (Phi) is 5.12. The van der Waals surface area contributed by atoms with E-state index in [1.165, 1.54) is 6.92 Å². The number of ether oxygens (including phenoxy) is 1. The lowest BCUT2D eigenvalue weighted by Crippen LogP contribution is -2.31. The van der Waals surface area contributed by atoms with E-state index in [1.54, 1.807) is 24.3 Å². The molecule has 0 aliphatic rings. The smallest absolute Gasteiger partial charge is 0.265 e. The van der Waals surface area contributed by atoms with E-state index in [0.717, 1.165) is 11.5 Å². The van der Waals surface area contributed by atoms with Gasteiger partial charge in [0.25, 0.3) is 5.91 Å². The van der Waals surface area contributed by atoms with Crippen LogP contribution >= 0.6 is 0 Å². The van der Waals surface area contributed by atoms with Crippen molar-refractivity contribution in [2.75, 3.05) is 5.32 Å². The van der Waals surface area contributed by atoms with Crippen LogP contribution in [-0.2, 0) is 4.79 Å². The number of anilines is 1. The second-order valence-electron chi connectivity index (χ2n) is 5.79. The van der Waals surface area contributed by atoms with Gasteiger partial charge in [0.15, 0.2) is 29.8 Å². The molecule has 27 heavy (non-hydrogen) atoms. The van der Waals surface area contributed by atoms with Crippen LogP contribution in [0, 0.1) is 17.5 Å². The van der Waals surface area contributed by atoms with E-state index in [4.69, 9.17) is 4.74 Å². The number of fused-ring (bicyclic) bond motifs is 1. The molecule has 1 atom stereocenters. The molecule has 0 saturated carbocycles. The SMILES string of the molecule is C[C@@H](Oc1ccc2ccccc2c1C=O)C(=O)Nc1ccc(F)c(F)c1F. The van der Waals surface area contributed by atoms with E-state index in [2.05, 4.69) is 5.32 Å². The number of hydrogen-bond donors (Lipinski definition) is 1. The van der Waals surface area contributed by atoms with Crippen LogP contribution in [0.25, 0.3) is 10.8 Å². The zero-order valence-corrected chi connectivity index (χ0v) is 14.1. The van der Waals surface area contributed by atoms with E-state index < -0.39 is 35.2 Å².